The van der Waals surface area contributed by atoms with E-state index in [1.807, 2.05) is 0 Å². The Labute approximate surface area is 195 Å². The molecule has 2 aliphatic rings. The van der Waals surface area contributed by atoms with Gasteiger partial charge in [0.2, 0.25) is 11.8 Å². The van der Waals surface area contributed by atoms with Crippen LogP contribution in [0.15, 0.2) is 42.5 Å². The van der Waals surface area contributed by atoms with Gasteiger partial charge in [-0.15, -0.1) is 0 Å². The van der Waals surface area contributed by atoms with E-state index in [1.54, 1.807) is 5.32 Å². The second-order valence-corrected chi connectivity index (χ2v) is 7.39. The number of piperidine rings is 1. The molecule has 4 rings (SSSR count). The van der Waals surface area contributed by atoms with E-state index in [0.717, 1.165) is 42.5 Å². The van der Waals surface area contributed by atoms with Crippen LogP contribution < -0.4 is 10.6 Å². The zero-order valence-electron chi connectivity index (χ0n) is 22.1. The number of alkyl halides is 2. The van der Waals surface area contributed by atoms with Crippen LogP contribution in [0.4, 0.5) is 8.78 Å². The number of amides is 4. The van der Waals surface area contributed by atoms with Gasteiger partial charge in [-0.05, 0) is 35.7 Å². The number of benzene rings is 2. The van der Waals surface area contributed by atoms with E-state index in [0.29, 0.717) is 4.90 Å². The Morgan fingerprint density at radius 1 is 1.31 bits per heavy atom. The van der Waals surface area contributed by atoms with E-state index in [1.165, 1.54) is 0 Å². The molecule has 0 saturated carbocycles. The molecule has 0 bridgehead atoms. The van der Waals surface area contributed by atoms with Gasteiger partial charge in [0.05, 0.1) is 4.11 Å². The lowest BCUT2D eigenvalue weighted by atomic mass is 10.0. The molecule has 0 spiro atoms. The Kier molecular flexibility index (Phi) is 4.02. The van der Waals surface area contributed by atoms with Crippen molar-refractivity contribution in [3.8, 4) is 0 Å². The fourth-order valence-corrected chi connectivity index (χ4v) is 3.38. The molecule has 0 aromatic heterocycles. The van der Waals surface area contributed by atoms with Crippen LogP contribution in [0.3, 0.4) is 0 Å². The minimum absolute atomic E-state index is 0.0403. The highest BCUT2D eigenvalue weighted by atomic mass is 35.5. The van der Waals surface area contributed by atoms with Gasteiger partial charge in [0.1, 0.15) is 6.02 Å². The molecular weight excluding hydrogens is 444 g/mol. The third kappa shape index (κ3) is 4.08. The van der Waals surface area contributed by atoms with Gasteiger partial charge in [0.25, 0.3) is 11.8 Å². The Hall–Kier alpha value is -3.33. The molecule has 1 fully saturated rings. The molecule has 2 aromatic rings. The van der Waals surface area contributed by atoms with Crippen molar-refractivity contribution in [3.63, 3.8) is 0 Å². The Balaban J connectivity index is 1.62. The topological polar surface area (TPSA) is 95.6 Å². The number of carbonyl (C=O) groups excluding carboxylic acids is 4. The Morgan fingerprint density at radius 2 is 2.03 bits per heavy atom. The number of nitrogens with zero attached hydrogens (tertiary/aromatic N) is 1. The predicted molar refractivity (Wildman–Crippen MR) is 110 cm³/mol. The van der Waals surface area contributed by atoms with Crippen molar-refractivity contribution in [1.82, 2.24) is 15.5 Å². The summed E-state index contributed by atoms with van der Waals surface area (Å²) in [7, 11) is 0. The average molecular weight is 468 g/mol. The summed E-state index contributed by atoms with van der Waals surface area (Å²) in [6.45, 7) is -3.59. The van der Waals surface area contributed by atoms with E-state index in [4.69, 9.17) is 19.9 Å². The summed E-state index contributed by atoms with van der Waals surface area (Å²) in [5.74, 6) is -9.79. The average Bonchev–Trinajstić information content (AvgIpc) is 3.18. The summed E-state index contributed by atoms with van der Waals surface area (Å²) < 4.78 is 77.9. The number of hydrogen-bond donors (Lipinski definition) is 2. The number of fused-ring (bicyclic) bond motifs is 1. The van der Waals surface area contributed by atoms with Crippen molar-refractivity contribution in [2.75, 3.05) is 0 Å². The third-order valence-electron chi connectivity index (χ3n) is 4.90. The quantitative estimate of drug-likeness (QED) is 0.660. The summed E-state index contributed by atoms with van der Waals surface area (Å²) >= 11 is 5.68. The van der Waals surface area contributed by atoms with Crippen molar-refractivity contribution in [2.24, 2.45) is 0 Å². The first-order valence-corrected chi connectivity index (χ1v) is 9.59. The number of nitrogens with one attached hydrogen (secondary N) is 2. The highest BCUT2D eigenvalue weighted by Gasteiger charge is 2.41. The minimum Gasteiger partial charge on any atom is -0.346 e. The smallest absolute Gasteiger partial charge is 0.346 e. The standard InChI is InChI=1S/C22H18ClF2N3O4/c23-15-4-2-14(3-5-15)22(24,25)21(32)26-10-12-1-6-16-13(9-12)11-28(20(16)31)17-7-8-18(29)27-19(17)30/h1-6,9,17H,7-8,10-11H2,(H,26,32)(H,27,29,30)/t17-/m1/s1/i8D2,10D2,17D/hD. The van der Waals surface area contributed by atoms with Gasteiger partial charge in [0.15, 0.2) is 1.41 Å². The highest BCUT2D eigenvalue weighted by Crippen LogP contribution is 2.30. The Bertz CT molecular complexity index is 1380. The molecule has 0 aliphatic carbocycles. The molecule has 0 unspecified atom stereocenters. The molecule has 7 nitrogen and oxygen atoms in total. The fraction of sp³-hybridized carbons (Fsp3) is 0.273. The number of hydrogen-bond acceptors (Lipinski definition) is 4. The molecule has 2 aromatic carbocycles. The molecule has 2 heterocycles. The van der Waals surface area contributed by atoms with Gasteiger partial charge in [-0.1, -0.05) is 35.9 Å². The van der Waals surface area contributed by atoms with Crippen molar-refractivity contribution >= 4 is 35.2 Å². The summed E-state index contributed by atoms with van der Waals surface area (Å²) in [5, 5.41) is 1.35. The number of rotatable bonds is 5. The highest BCUT2D eigenvalue weighted by molar-refractivity contribution is 6.30. The number of imide groups is 1. The van der Waals surface area contributed by atoms with Crippen LogP contribution in [0.1, 0.15) is 46.7 Å². The van der Waals surface area contributed by atoms with Gasteiger partial charge in [0, 0.05) is 38.3 Å². The second-order valence-electron chi connectivity index (χ2n) is 6.96. The Morgan fingerprint density at radius 3 is 2.75 bits per heavy atom. The number of carbonyl (C=O) groups is 4. The van der Waals surface area contributed by atoms with E-state index in [2.05, 4.69) is 0 Å². The molecule has 10 heteroatoms. The minimum atomic E-state index is -4.27. The summed E-state index contributed by atoms with van der Waals surface area (Å²) in [4.78, 5) is 50.3. The molecule has 2 aliphatic heterocycles. The molecule has 2 N–H and O–H groups in total. The summed E-state index contributed by atoms with van der Waals surface area (Å²) in [6, 6.07) is 4.56. The first-order valence-electron chi connectivity index (χ1n) is 12.2. The molecule has 32 heavy (non-hydrogen) atoms. The van der Waals surface area contributed by atoms with Crippen LogP contribution in [0, 0.1) is 0 Å². The molecule has 0 radical (unpaired) electrons. The molecular formula is C22H18ClF2N3O4. The van der Waals surface area contributed by atoms with E-state index >= 15 is 0 Å². The monoisotopic (exact) mass is 467 g/mol. The fourth-order valence-electron chi connectivity index (χ4n) is 3.26. The summed E-state index contributed by atoms with van der Waals surface area (Å²) in [6.07, 6.45) is -3.58. The van der Waals surface area contributed by atoms with Crippen LogP contribution in [-0.2, 0) is 33.3 Å². The molecule has 166 valence electrons. The second kappa shape index (κ2) is 8.31. The van der Waals surface area contributed by atoms with Crippen LogP contribution in [0.25, 0.3) is 0 Å². The molecule has 1 saturated heterocycles. The van der Waals surface area contributed by atoms with Gasteiger partial charge in [-0.2, -0.15) is 8.78 Å². The molecule has 1 atom stereocenters. The SMILES string of the molecule is [2H]N(C(=O)C(F)(F)c1ccc(Cl)cc1)C([2H])([2H])c1ccc2c(c1)CN([C@]1([2H])CC([2H])([2H])C(=O)NC1=O)C2=O. The normalized spacial score (nSPS) is 25.5. The first-order chi connectivity index (χ1) is 17.4. The van der Waals surface area contributed by atoms with Gasteiger partial charge < -0.3 is 10.2 Å². The lowest BCUT2D eigenvalue weighted by Gasteiger charge is -2.29. The van der Waals surface area contributed by atoms with Crippen LogP contribution in [0.5, 0.6) is 0 Å². The third-order valence-corrected chi connectivity index (χ3v) is 5.15. The maximum atomic E-state index is 14.8. The maximum Gasteiger partial charge on any atom is 0.349 e. The van der Waals surface area contributed by atoms with E-state index < -0.39 is 77.8 Å². The predicted octanol–water partition coefficient (Wildman–Crippen LogP) is 2.51. The van der Waals surface area contributed by atoms with Crippen molar-refractivity contribution < 1.29 is 36.2 Å². The van der Waals surface area contributed by atoms with Crippen molar-refractivity contribution in [2.45, 2.75) is 37.8 Å². The first kappa shape index (κ1) is 15.5. The lowest BCUT2D eigenvalue weighted by molar-refractivity contribution is -0.147. The van der Waals surface area contributed by atoms with Crippen molar-refractivity contribution in [3.05, 3.63) is 69.7 Å². The number of halogens is 3. The van der Waals surface area contributed by atoms with E-state index in [-0.39, 0.29) is 16.1 Å². The van der Waals surface area contributed by atoms with Gasteiger partial charge in [-0.25, -0.2) is 0 Å². The maximum absolute atomic E-state index is 14.8. The van der Waals surface area contributed by atoms with Crippen LogP contribution in [0.2, 0.25) is 6.43 Å². The summed E-state index contributed by atoms with van der Waals surface area (Å²) in [5.41, 5.74) is -1.30. The van der Waals surface area contributed by atoms with Crippen LogP contribution >= 0.6 is 11.6 Å². The molecule has 4 amide bonds. The largest absolute Gasteiger partial charge is 0.349 e. The van der Waals surface area contributed by atoms with Crippen LogP contribution in [-0.4, -0.2) is 34.5 Å². The van der Waals surface area contributed by atoms with Gasteiger partial charge in [-0.3, -0.25) is 24.5 Å². The lowest BCUT2D eigenvalue weighted by Crippen LogP contribution is -2.52. The van der Waals surface area contributed by atoms with Crippen molar-refractivity contribution in [1.29, 1.82) is 0 Å². The zero-order valence-corrected chi connectivity index (χ0v) is 16.9. The van der Waals surface area contributed by atoms with Gasteiger partial charge >= 0.3 is 5.92 Å². The zero-order chi connectivity index (χ0) is 28.4. The van der Waals surface area contributed by atoms with E-state index in [9.17, 15) is 28.0 Å².